The van der Waals surface area contributed by atoms with E-state index >= 15 is 0 Å². The summed E-state index contributed by atoms with van der Waals surface area (Å²) < 4.78 is 11.8. The Morgan fingerprint density at radius 1 is 1.00 bits per heavy atom. The molecule has 0 spiro atoms. The Labute approximate surface area is 178 Å². The van der Waals surface area contributed by atoms with Crippen LogP contribution in [0.15, 0.2) is 40.9 Å². The highest BCUT2D eigenvalue weighted by atomic mass is 79.9. The van der Waals surface area contributed by atoms with Crippen molar-refractivity contribution in [3.05, 3.63) is 46.4 Å². The van der Waals surface area contributed by atoms with Crippen LogP contribution in [0.1, 0.15) is 12.5 Å². The molecule has 1 aliphatic heterocycles. The molecule has 8 heteroatoms. The smallest absolute Gasteiger partial charge is 0.238 e. The minimum Gasteiger partial charge on any atom is -0.486 e. The van der Waals surface area contributed by atoms with E-state index in [1.54, 1.807) is 23.1 Å². The number of benzene rings is 2. The summed E-state index contributed by atoms with van der Waals surface area (Å²) in [6, 6.07) is 11.0. The SMILES string of the molecule is CCN(CC(=O)Nc1ccc2c(c1)OCCO2)CC(=O)Nc1ccc(C)cc1Br. The molecule has 29 heavy (non-hydrogen) atoms. The summed E-state index contributed by atoms with van der Waals surface area (Å²) in [4.78, 5) is 26.6. The molecule has 3 rings (SSSR count). The fraction of sp³-hybridized carbons (Fsp3) is 0.333. The largest absolute Gasteiger partial charge is 0.486 e. The molecule has 1 heterocycles. The Balaban J connectivity index is 1.53. The number of ether oxygens (including phenoxy) is 2. The first-order chi connectivity index (χ1) is 13.9. The zero-order chi connectivity index (χ0) is 20.8. The van der Waals surface area contributed by atoms with Crippen LogP contribution >= 0.6 is 15.9 Å². The maximum atomic E-state index is 12.4. The number of hydrogen-bond donors (Lipinski definition) is 2. The Kier molecular flexibility index (Phi) is 7.11. The Bertz CT molecular complexity index is 903. The first-order valence-corrected chi connectivity index (χ1v) is 10.2. The molecule has 0 aliphatic carbocycles. The van der Waals surface area contributed by atoms with Gasteiger partial charge < -0.3 is 20.1 Å². The maximum absolute atomic E-state index is 12.4. The number of hydrogen-bond acceptors (Lipinski definition) is 5. The second-order valence-corrected chi connectivity index (χ2v) is 7.60. The quantitative estimate of drug-likeness (QED) is 0.659. The molecule has 0 aromatic heterocycles. The lowest BCUT2D eigenvalue weighted by molar-refractivity contribution is -0.119. The van der Waals surface area contributed by atoms with E-state index in [0.717, 1.165) is 10.0 Å². The molecule has 7 nitrogen and oxygen atoms in total. The first kappa shape index (κ1) is 21.1. The average Bonchev–Trinajstić information content (AvgIpc) is 2.69. The van der Waals surface area contributed by atoms with Crippen LogP contribution in [-0.4, -0.2) is 49.6 Å². The second-order valence-electron chi connectivity index (χ2n) is 6.74. The van der Waals surface area contributed by atoms with E-state index in [4.69, 9.17) is 9.47 Å². The van der Waals surface area contributed by atoms with Gasteiger partial charge in [-0.15, -0.1) is 0 Å². The zero-order valence-electron chi connectivity index (χ0n) is 16.5. The first-order valence-electron chi connectivity index (χ1n) is 9.42. The van der Waals surface area contributed by atoms with Crippen LogP contribution in [0.2, 0.25) is 0 Å². The van der Waals surface area contributed by atoms with E-state index in [2.05, 4.69) is 26.6 Å². The normalized spacial score (nSPS) is 12.6. The fourth-order valence-corrected chi connectivity index (χ4v) is 3.51. The van der Waals surface area contributed by atoms with Gasteiger partial charge in [0.25, 0.3) is 0 Å². The molecule has 2 amide bonds. The van der Waals surface area contributed by atoms with Gasteiger partial charge in [-0.2, -0.15) is 0 Å². The number of halogens is 1. The van der Waals surface area contributed by atoms with Crippen molar-refractivity contribution in [2.24, 2.45) is 0 Å². The van der Waals surface area contributed by atoms with Crippen molar-refractivity contribution < 1.29 is 19.1 Å². The molecule has 0 atom stereocenters. The van der Waals surface area contributed by atoms with Crippen molar-refractivity contribution in [3.63, 3.8) is 0 Å². The van der Waals surface area contributed by atoms with Crippen LogP contribution in [0.3, 0.4) is 0 Å². The van der Waals surface area contributed by atoms with Crippen molar-refractivity contribution in [1.82, 2.24) is 4.90 Å². The Hall–Kier alpha value is -2.58. The van der Waals surface area contributed by atoms with Gasteiger partial charge in [0.1, 0.15) is 13.2 Å². The summed E-state index contributed by atoms with van der Waals surface area (Å²) >= 11 is 3.45. The van der Waals surface area contributed by atoms with E-state index < -0.39 is 0 Å². The van der Waals surface area contributed by atoms with Crippen molar-refractivity contribution in [3.8, 4) is 11.5 Å². The highest BCUT2D eigenvalue weighted by molar-refractivity contribution is 9.10. The molecular weight excluding hydrogens is 438 g/mol. The van der Waals surface area contributed by atoms with E-state index in [-0.39, 0.29) is 24.9 Å². The summed E-state index contributed by atoms with van der Waals surface area (Å²) in [5, 5.41) is 5.71. The van der Waals surface area contributed by atoms with Crippen molar-refractivity contribution in [2.75, 3.05) is 43.5 Å². The van der Waals surface area contributed by atoms with Gasteiger partial charge in [-0.05, 0) is 59.2 Å². The van der Waals surface area contributed by atoms with Crippen LogP contribution in [0.25, 0.3) is 0 Å². The minimum atomic E-state index is -0.201. The van der Waals surface area contributed by atoms with Crippen molar-refractivity contribution >= 4 is 39.1 Å². The van der Waals surface area contributed by atoms with Crippen LogP contribution in [0.4, 0.5) is 11.4 Å². The van der Waals surface area contributed by atoms with Gasteiger partial charge in [0.2, 0.25) is 11.8 Å². The van der Waals surface area contributed by atoms with Crippen LogP contribution < -0.4 is 20.1 Å². The predicted octanol–water partition coefficient (Wildman–Crippen LogP) is 3.43. The van der Waals surface area contributed by atoms with Gasteiger partial charge in [-0.1, -0.05) is 13.0 Å². The number of anilines is 2. The number of nitrogens with one attached hydrogen (secondary N) is 2. The van der Waals surface area contributed by atoms with Gasteiger partial charge in [0.05, 0.1) is 18.8 Å². The van der Waals surface area contributed by atoms with Gasteiger partial charge in [-0.25, -0.2) is 0 Å². The van der Waals surface area contributed by atoms with Gasteiger partial charge in [0.15, 0.2) is 11.5 Å². The lowest BCUT2D eigenvalue weighted by Crippen LogP contribution is -2.38. The Morgan fingerprint density at radius 3 is 2.38 bits per heavy atom. The minimum absolute atomic E-state index is 0.105. The number of nitrogens with zero attached hydrogens (tertiary/aromatic N) is 1. The van der Waals surface area contributed by atoms with Crippen LogP contribution in [0.5, 0.6) is 11.5 Å². The topological polar surface area (TPSA) is 79.9 Å². The highest BCUT2D eigenvalue weighted by Gasteiger charge is 2.16. The molecule has 0 bridgehead atoms. The molecule has 0 fully saturated rings. The molecular formula is C21H24BrN3O4. The molecule has 2 N–H and O–H groups in total. The van der Waals surface area contributed by atoms with E-state index in [1.807, 2.05) is 32.0 Å². The number of carbonyl (C=O) groups is 2. The summed E-state index contributed by atoms with van der Waals surface area (Å²) in [7, 11) is 0. The van der Waals surface area contributed by atoms with E-state index in [9.17, 15) is 9.59 Å². The van der Waals surface area contributed by atoms with E-state index in [0.29, 0.717) is 42.6 Å². The third-order valence-electron chi connectivity index (χ3n) is 4.41. The molecule has 1 aliphatic rings. The summed E-state index contributed by atoms with van der Waals surface area (Å²) in [5.41, 5.74) is 2.43. The number of rotatable bonds is 7. The molecule has 154 valence electrons. The second kappa shape index (κ2) is 9.76. The lowest BCUT2D eigenvalue weighted by Gasteiger charge is -2.21. The van der Waals surface area contributed by atoms with Crippen molar-refractivity contribution in [1.29, 1.82) is 0 Å². The number of likely N-dealkylation sites (N-methyl/N-ethyl adjacent to an activating group) is 1. The molecule has 0 radical (unpaired) electrons. The van der Waals surface area contributed by atoms with Crippen molar-refractivity contribution in [2.45, 2.75) is 13.8 Å². The molecule has 0 saturated carbocycles. The lowest BCUT2D eigenvalue weighted by atomic mass is 10.2. The Morgan fingerprint density at radius 2 is 1.69 bits per heavy atom. The molecule has 2 aromatic carbocycles. The standard InChI is InChI=1S/C21H24BrN3O4/c1-3-25(13-21(27)24-17-6-4-14(2)10-16(17)22)12-20(26)23-15-5-7-18-19(11-15)29-9-8-28-18/h4-7,10-11H,3,8-9,12-13H2,1-2H3,(H,23,26)(H,24,27). The van der Waals surface area contributed by atoms with Gasteiger partial charge >= 0.3 is 0 Å². The summed E-state index contributed by atoms with van der Waals surface area (Å²) in [6.07, 6.45) is 0. The maximum Gasteiger partial charge on any atom is 0.238 e. The highest BCUT2D eigenvalue weighted by Crippen LogP contribution is 2.32. The van der Waals surface area contributed by atoms with Crippen LogP contribution in [0, 0.1) is 6.92 Å². The molecule has 2 aromatic rings. The third kappa shape index (κ3) is 5.95. The monoisotopic (exact) mass is 461 g/mol. The number of fused-ring (bicyclic) bond motifs is 1. The summed E-state index contributed by atoms with van der Waals surface area (Å²) in [5.74, 6) is 0.907. The third-order valence-corrected chi connectivity index (χ3v) is 5.06. The molecule has 0 saturated heterocycles. The molecule has 0 unspecified atom stereocenters. The van der Waals surface area contributed by atoms with Gasteiger partial charge in [-0.3, -0.25) is 14.5 Å². The fourth-order valence-electron chi connectivity index (χ4n) is 2.92. The average molecular weight is 462 g/mol. The van der Waals surface area contributed by atoms with Crippen LogP contribution in [-0.2, 0) is 9.59 Å². The van der Waals surface area contributed by atoms with Gasteiger partial charge in [0, 0.05) is 16.2 Å². The number of aryl methyl sites for hydroxylation is 1. The van der Waals surface area contributed by atoms with E-state index in [1.165, 1.54) is 0 Å². The summed E-state index contributed by atoms with van der Waals surface area (Å²) in [6.45, 7) is 5.68. The number of amides is 2. The predicted molar refractivity (Wildman–Crippen MR) is 116 cm³/mol. The zero-order valence-corrected chi connectivity index (χ0v) is 18.0. The number of carbonyl (C=O) groups excluding carboxylic acids is 2.